The van der Waals surface area contributed by atoms with Crippen molar-refractivity contribution < 1.29 is 19.4 Å². The lowest BCUT2D eigenvalue weighted by molar-refractivity contribution is -0.147. The molecule has 1 unspecified atom stereocenters. The van der Waals surface area contributed by atoms with Gasteiger partial charge < -0.3 is 14.7 Å². The summed E-state index contributed by atoms with van der Waals surface area (Å²) in [6.45, 7) is 5.25. The van der Waals surface area contributed by atoms with E-state index in [2.05, 4.69) is 0 Å². The van der Waals surface area contributed by atoms with Gasteiger partial charge in [0.25, 0.3) is 5.91 Å². The maximum Gasteiger partial charge on any atom is 0.323 e. The van der Waals surface area contributed by atoms with E-state index < -0.39 is 5.97 Å². The highest BCUT2D eigenvalue weighted by Crippen LogP contribution is 2.12. The summed E-state index contributed by atoms with van der Waals surface area (Å²) in [4.78, 5) is 24.2. The minimum absolute atomic E-state index is 0.125. The molecule has 5 heteroatoms. The van der Waals surface area contributed by atoms with E-state index in [1.54, 1.807) is 12.1 Å². The van der Waals surface area contributed by atoms with Gasteiger partial charge in [0.15, 0.2) is 6.61 Å². The van der Waals surface area contributed by atoms with Crippen LogP contribution >= 0.6 is 0 Å². The van der Waals surface area contributed by atoms with Crippen LogP contribution < -0.4 is 4.74 Å². The second kappa shape index (κ2) is 7.53. The fourth-order valence-corrected chi connectivity index (χ4v) is 1.72. The third kappa shape index (κ3) is 4.91. The largest absolute Gasteiger partial charge is 0.484 e. The zero-order valence-electron chi connectivity index (χ0n) is 12.1. The number of hydrogen-bond acceptors (Lipinski definition) is 3. The van der Waals surface area contributed by atoms with Crippen molar-refractivity contribution >= 4 is 11.9 Å². The Hall–Kier alpha value is -2.04. The molecule has 1 N–H and O–H groups in total. The highest BCUT2D eigenvalue weighted by molar-refractivity contribution is 5.82. The van der Waals surface area contributed by atoms with Crippen LogP contribution in [0.4, 0.5) is 0 Å². The molecule has 1 aromatic carbocycles. The van der Waals surface area contributed by atoms with Gasteiger partial charge in [0.1, 0.15) is 12.3 Å². The predicted octanol–water partition coefficient (Wildman–Crippen LogP) is 2.09. The fraction of sp³-hybridized carbons (Fsp3) is 0.467. The summed E-state index contributed by atoms with van der Waals surface area (Å²) < 4.78 is 5.40. The number of carbonyl (C=O) groups excluding carboxylic acids is 1. The van der Waals surface area contributed by atoms with Crippen LogP contribution in [0.3, 0.4) is 0 Å². The van der Waals surface area contributed by atoms with E-state index in [4.69, 9.17) is 9.84 Å². The van der Waals surface area contributed by atoms with Crippen molar-refractivity contribution in [2.75, 3.05) is 13.2 Å². The summed E-state index contributed by atoms with van der Waals surface area (Å²) in [5, 5.41) is 8.86. The minimum Gasteiger partial charge on any atom is -0.484 e. The number of nitrogens with zero attached hydrogens (tertiary/aromatic N) is 1. The zero-order chi connectivity index (χ0) is 15.1. The lowest BCUT2D eigenvalue weighted by atomic mass is 10.2. The third-order valence-electron chi connectivity index (χ3n) is 3.13. The minimum atomic E-state index is -1.02. The van der Waals surface area contributed by atoms with Crippen LogP contribution in [0, 0.1) is 6.92 Å². The monoisotopic (exact) mass is 279 g/mol. The lowest BCUT2D eigenvalue weighted by Crippen LogP contribution is -2.44. The van der Waals surface area contributed by atoms with Crippen molar-refractivity contribution in [1.82, 2.24) is 4.90 Å². The van der Waals surface area contributed by atoms with Gasteiger partial charge in [-0.2, -0.15) is 0 Å². The molecular formula is C15H21NO4. The number of hydrogen-bond donors (Lipinski definition) is 1. The molecule has 1 amide bonds. The van der Waals surface area contributed by atoms with Crippen molar-refractivity contribution in [3.63, 3.8) is 0 Å². The number of ether oxygens (including phenoxy) is 1. The Morgan fingerprint density at radius 2 is 1.90 bits per heavy atom. The first-order chi connectivity index (χ1) is 9.43. The average molecular weight is 279 g/mol. The van der Waals surface area contributed by atoms with Crippen molar-refractivity contribution in [2.24, 2.45) is 0 Å². The Kier molecular flexibility index (Phi) is 6.03. The summed E-state index contributed by atoms with van der Waals surface area (Å²) >= 11 is 0. The standard InChI is InChI=1S/C15H21NO4/c1-4-12(3)16(9-15(18)19)14(17)10-20-13-7-5-11(2)6-8-13/h5-8,12H,4,9-10H2,1-3H3,(H,18,19). The maximum atomic E-state index is 12.1. The Morgan fingerprint density at radius 1 is 1.30 bits per heavy atom. The van der Waals surface area contributed by atoms with Crippen LogP contribution in [0.2, 0.25) is 0 Å². The van der Waals surface area contributed by atoms with E-state index in [9.17, 15) is 9.59 Å². The van der Waals surface area contributed by atoms with E-state index in [0.29, 0.717) is 12.2 Å². The Bertz CT molecular complexity index is 455. The summed E-state index contributed by atoms with van der Waals surface area (Å²) in [7, 11) is 0. The second-order valence-electron chi connectivity index (χ2n) is 4.77. The second-order valence-corrected chi connectivity index (χ2v) is 4.77. The van der Waals surface area contributed by atoms with Gasteiger partial charge >= 0.3 is 5.97 Å². The topological polar surface area (TPSA) is 66.8 Å². The first kappa shape index (κ1) is 16.0. The SMILES string of the molecule is CCC(C)N(CC(=O)O)C(=O)COc1ccc(C)cc1. The number of carboxylic acids is 1. The van der Waals surface area contributed by atoms with E-state index in [0.717, 1.165) is 5.56 Å². The van der Waals surface area contributed by atoms with Gasteiger partial charge in [-0.05, 0) is 32.4 Å². The molecule has 5 nitrogen and oxygen atoms in total. The van der Waals surface area contributed by atoms with Gasteiger partial charge in [-0.3, -0.25) is 9.59 Å². The maximum absolute atomic E-state index is 12.1. The Morgan fingerprint density at radius 3 is 2.40 bits per heavy atom. The summed E-state index contributed by atoms with van der Waals surface area (Å²) in [6, 6.07) is 7.23. The molecule has 0 aromatic heterocycles. The van der Waals surface area contributed by atoms with Gasteiger partial charge in [0.05, 0.1) is 0 Å². The van der Waals surface area contributed by atoms with Crippen molar-refractivity contribution in [3.8, 4) is 5.75 Å². The molecule has 1 atom stereocenters. The van der Waals surface area contributed by atoms with Gasteiger partial charge in [-0.1, -0.05) is 24.6 Å². The summed E-state index contributed by atoms with van der Waals surface area (Å²) in [6.07, 6.45) is 0.698. The normalized spacial score (nSPS) is 11.8. The van der Waals surface area contributed by atoms with Gasteiger partial charge in [-0.15, -0.1) is 0 Å². The number of amides is 1. The van der Waals surface area contributed by atoms with Gasteiger partial charge in [0.2, 0.25) is 0 Å². The molecule has 0 radical (unpaired) electrons. The molecule has 0 saturated heterocycles. The quantitative estimate of drug-likeness (QED) is 0.830. The number of carbonyl (C=O) groups is 2. The number of carboxylic acid groups (broad SMARTS) is 1. The molecule has 0 aliphatic rings. The third-order valence-corrected chi connectivity index (χ3v) is 3.13. The molecule has 20 heavy (non-hydrogen) atoms. The highest BCUT2D eigenvalue weighted by atomic mass is 16.5. The van der Waals surface area contributed by atoms with Crippen LogP contribution in [0.5, 0.6) is 5.75 Å². The number of rotatable bonds is 7. The molecule has 0 bridgehead atoms. The van der Waals surface area contributed by atoms with Crippen molar-refractivity contribution in [1.29, 1.82) is 0 Å². The molecular weight excluding hydrogens is 258 g/mol. The molecule has 1 aromatic rings. The average Bonchev–Trinajstić information content (AvgIpc) is 2.42. The summed E-state index contributed by atoms with van der Waals surface area (Å²) in [5.74, 6) is -0.736. The van der Waals surface area contributed by atoms with Gasteiger partial charge in [0, 0.05) is 6.04 Å². The van der Waals surface area contributed by atoms with E-state index in [-0.39, 0.29) is 25.1 Å². The molecule has 1 rings (SSSR count). The lowest BCUT2D eigenvalue weighted by Gasteiger charge is -2.26. The van der Waals surface area contributed by atoms with Crippen LogP contribution in [-0.2, 0) is 9.59 Å². The number of aliphatic carboxylic acids is 1. The molecule has 0 aliphatic heterocycles. The first-order valence-electron chi connectivity index (χ1n) is 6.64. The van der Waals surface area contributed by atoms with Crippen molar-refractivity contribution in [2.45, 2.75) is 33.2 Å². The smallest absolute Gasteiger partial charge is 0.323 e. The predicted molar refractivity (Wildman–Crippen MR) is 75.8 cm³/mol. The molecule has 0 aliphatic carbocycles. The van der Waals surface area contributed by atoms with Crippen LogP contribution in [-0.4, -0.2) is 41.1 Å². The van der Waals surface area contributed by atoms with E-state index >= 15 is 0 Å². The fourth-order valence-electron chi connectivity index (χ4n) is 1.72. The Balaban J connectivity index is 2.61. The zero-order valence-corrected chi connectivity index (χ0v) is 12.1. The molecule has 0 spiro atoms. The van der Waals surface area contributed by atoms with E-state index in [1.807, 2.05) is 32.9 Å². The molecule has 110 valence electrons. The number of aryl methyl sites for hydroxylation is 1. The van der Waals surface area contributed by atoms with Crippen molar-refractivity contribution in [3.05, 3.63) is 29.8 Å². The van der Waals surface area contributed by atoms with Crippen LogP contribution in [0.1, 0.15) is 25.8 Å². The van der Waals surface area contributed by atoms with Gasteiger partial charge in [-0.25, -0.2) is 0 Å². The summed E-state index contributed by atoms with van der Waals surface area (Å²) in [5.41, 5.74) is 1.11. The Labute approximate surface area is 119 Å². The highest BCUT2D eigenvalue weighted by Gasteiger charge is 2.21. The number of benzene rings is 1. The van der Waals surface area contributed by atoms with Crippen LogP contribution in [0.25, 0.3) is 0 Å². The van der Waals surface area contributed by atoms with E-state index in [1.165, 1.54) is 4.90 Å². The first-order valence-corrected chi connectivity index (χ1v) is 6.64. The molecule has 0 heterocycles. The van der Waals surface area contributed by atoms with Crippen LogP contribution in [0.15, 0.2) is 24.3 Å². The molecule has 0 saturated carbocycles. The molecule has 0 fully saturated rings.